The monoisotopic (exact) mass is 534 g/mol. The van der Waals surface area contributed by atoms with Crippen LogP contribution in [0.4, 0.5) is 22.0 Å². The van der Waals surface area contributed by atoms with Crippen LogP contribution in [0.15, 0.2) is 30.7 Å². The highest BCUT2D eigenvalue weighted by molar-refractivity contribution is 7.91. The first kappa shape index (κ1) is 25.6. The zero-order valence-corrected chi connectivity index (χ0v) is 19.4. The topological polar surface area (TPSA) is 112 Å². The zero-order valence-electron chi connectivity index (χ0n) is 18.6. The summed E-state index contributed by atoms with van der Waals surface area (Å²) in [6.45, 7) is -0.0318. The number of amides is 1. The molecule has 1 saturated heterocycles. The van der Waals surface area contributed by atoms with E-state index < -0.39 is 63.1 Å². The van der Waals surface area contributed by atoms with Crippen LogP contribution in [0.1, 0.15) is 30.3 Å². The number of nitrogens with zero attached hydrogens (tertiary/aromatic N) is 3. The highest BCUT2D eigenvalue weighted by atomic mass is 32.2. The first-order valence-corrected chi connectivity index (χ1v) is 12.3. The van der Waals surface area contributed by atoms with E-state index in [4.69, 9.17) is 4.74 Å². The second-order valence-corrected chi connectivity index (χ2v) is 10.8. The maximum atomic E-state index is 14.6. The van der Waals surface area contributed by atoms with Crippen molar-refractivity contribution in [2.75, 3.05) is 18.1 Å². The van der Waals surface area contributed by atoms with Crippen LogP contribution in [0.2, 0.25) is 0 Å². The molecule has 15 heteroatoms. The van der Waals surface area contributed by atoms with Gasteiger partial charge in [-0.3, -0.25) is 4.79 Å². The van der Waals surface area contributed by atoms with Gasteiger partial charge in [0.05, 0.1) is 23.9 Å². The maximum Gasteiger partial charge on any atom is 0.422 e. The molecule has 3 aromatic rings. The third-order valence-corrected chi connectivity index (χ3v) is 7.12. The second kappa shape index (κ2) is 9.19. The van der Waals surface area contributed by atoms with E-state index in [1.165, 1.54) is 10.6 Å². The highest BCUT2D eigenvalue weighted by Gasteiger charge is 2.35. The molecule has 4 heterocycles. The minimum atomic E-state index is -4.72. The average Bonchev–Trinajstić information content (AvgIpc) is 3.19. The van der Waals surface area contributed by atoms with Crippen LogP contribution >= 0.6 is 0 Å². The van der Waals surface area contributed by atoms with Crippen LogP contribution < -0.4 is 14.8 Å². The average molecular weight is 534 g/mol. The number of hydrogen-bond donors (Lipinski definition) is 1. The number of pyridine rings is 2. The van der Waals surface area contributed by atoms with E-state index in [2.05, 4.69) is 20.0 Å². The Morgan fingerprint density at radius 2 is 1.86 bits per heavy atom. The first-order chi connectivity index (χ1) is 16.7. The van der Waals surface area contributed by atoms with E-state index in [0.717, 1.165) is 12.3 Å². The summed E-state index contributed by atoms with van der Waals surface area (Å²) in [5.41, 5.74) is -0.837. The number of fused-ring (bicyclic) bond motifs is 1. The van der Waals surface area contributed by atoms with E-state index in [9.17, 15) is 35.2 Å². The van der Waals surface area contributed by atoms with E-state index >= 15 is 0 Å². The van der Waals surface area contributed by atoms with E-state index in [1.54, 1.807) is 6.92 Å². The Morgan fingerprint density at radius 3 is 2.53 bits per heavy atom. The summed E-state index contributed by atoms with van der Waals surface area (Å²) in [6, 6.07) is 1.53. The van der Waals surface area contributed by atoms with Crippen LogP contribution in [0.5, 0.6) is 17.4 Å². The molecular formula is C21H19F5N4O5S. The van der Waals surface area contributed by atoms with Crippen LogP contribution in [-0.2, 0) is 9.84 Å². The van der Waals surface area contributed by atoms with Gasteiger partial charge >= 0.3 is 6.18 Å². The van der Waals surface area contributed by atoms with Gasteiger partial charge < -0.3 is 19.2 Å². The van der Waals surface area contributed by atoms with Gasteiger partial charge in [-0.05, 0) is 19.8 Å². The molecule has 0 spiro atoms. The molecule has 3 aromatic heterocycles. The number of imidazole rings is 1. The molecule has 0 atom stereocenters. The minimum absolute atomic E-state index is 0.0157. The Hall–Kier alpha value is -3.49. The molecule has 1 amide bonds. The molecule has 0 aromatic carbocycles. The molecular weight excluding hydrogens is 515 g/mol. The lowest BCUT2D eigenvalue weighted by Gasteiger charge is -2.34. The third kappa shape index (κ3) is 6.01. The number of sulfone groups is 1. The van der Waals surface area contributed by atoms with Gasteiger partial charge in [0.15, 0.2) is 23.9 Å². The SMILES string of the molecule is CC1(NC(=O)c2cn3cc(Oc4ncc(F)cc4OCC(F)(F)F)c(F)cc3n2)CCS(=O)(=O)CC1. The number of halogens is 5. The minimum Gasteiger partial charge on any atom is -0.478 e. The fourth-order valence-electron chi connectivity index (χ4n) is 3.48. The molecule has 0 saturated carbocycles. The van der Waals surface area contributed by atoms with Crippen molar-refractivity contribution in [2.24, 2.45) is 0 Å². The van der Waals surface area contributed by atoms with Gasteiger partial charge in [0, 0.05) is 23.9 Å². The number of ether oxygens (including phenoxy) is 2. The molecule has 1 N–H and O–H groups in total. The lowest BCUT2D eigenvalue weighted by atomic mass is 9.95. The predicted octanol–water partition coefficient (Wildman–Crippen LogP) is 3.44. The maximum absolute atomic E-state index is 14.6. The van der Waals surface area contributed by atoms with E-state index in [-0.39, 0.29) is 35.7 Å². The number of rotatable bonds is 6. The molecule has 0 radical (unpaired) electrons. The van der Waals surface area contributed by atoms with Crippen molar-refractivity contribution in [2.45, 2.75) is 31.5 Å². The van der Waals surface area contributed by atoms with Crippen molar-refractivity contribution in [3.63, 3.8) is 0 Å². The van der Waals surface area contributed by atoms with Gasteiger partial charge in [0.1, 0.15) is 27.0 Å². The normalized spacial score (nSPS) is 17.1. The molecule has 4 rings (SSSR count). The quantitative estimate of drug-likeness (QED) is 0.483. The zero-order chi connectivity index (χ0) is 26.3. The number of carbonyl (C=O) groups excluding carboxylic acids is 1. The molecule has 1 fully saturated rings. The van der Waals surface area contributed by atoms with Crippen LogP contribution in [0.25, 0.3) is 5.65 Å². The molecule has 194 valence electrons. The lowest BCUT2D eigenvalue weighted by Crippen LogP contribution is -2.51. The van der Waals surface area contributed by atoms with Gasteiger partial charge in [-0.2, -0.15) is 13.2 Å². The van der Waals surface area contributed by atoms with E-state index in [1.807, 2.05) is 0 Å². The fourth-order valence-corrected chi connectivity index (χ4v) is 5.21. The molecule has 9 nitrogen and oxygen atoms in total. The van der Waals surface area contributed by atoms with Crippen molar-refractivity contribution in [1.29, 1.82) is 0 Å². The molecule has 1 aliphatic rings. The summed E-state index contributed by atoms with van der Waals surface area (Å²) >= 11 is 0. The largest absolute Gasteiger partial charge is 0.478 e. The van der Waals surface area contributed by atoms with Gasteiger partial charge in [0.25, 0.3) is 11.8 Å². The number of aromatic nitrogens is 3. The standard InChI is InChI=1S/C21H19F5N4O5S/c1-20(2-4-36(32,33)5-3-20)29-18(31)14-9-30-10-16(13(23)7-17(30)28-14)35-19-15(6-12(22)8-27-19)34-11-21(24,25)26/h6-10H,2-5,11H2,1H3,(H,29,31). The van der Waals surface area contributed by atoms with Crippen molar-refractivity contribution in [3.05, 3.63) is 48.1 Å². The number of nitrogens with one attached hydrogen (secondary N) is 1. The molecule has 0 aliphatic carbocycles. The van der Waals surface area contributed by atoms with Crippen LogP contribution in [0.3, 0.4) is 0 Å². The third-order valence-electron chi connectivity index (χ3n) is 5.47. The van der Waals surface area contributed by atoms with Crippen LogP contribution in [-0.4, -0.2) is 58.5 Å². The summed E-state index contributed by atoms with van der Waals surface area (Å²) in [5, 5.41) is 2.76. The Balaban J connectivity index is 1.55. The van der Waals surface area contributed by atoms with Crippen LogP contribution in [0, 0.1) is 11.6 Å². The van der Waals surface area contributed by atoms with Crippen molar-refractivity contribution >= 4 is 21.4 Å². The Morgan fingerprint density at radius 1 is 1.17 bits per heavy atom. The van der Waals surface area contributed by atoms with Crippen molar-refractivity contribution in [3.8, 4) is 17.4 Å². The molecule has 0 bridgehead atoms. The van der Waals surface area contributed by atoms with Crippen molar-refractivity contribution in [1.82, 2.24) is 19.7 Å². The lowest BCUT2D eigenvalue weighted by molar-refractivity contribution is -0.153. The fraction of sp³-hybridized carbons (Fsp3) is 0.381. The number of hydrogen-bond acceptors (Lipinski definition) is 7. The summed E-state index contributed by atoms with van der Waals surface area (Å²) in [5.74, 6) is -4.53. The highest BCUT2D eigenvalue weighted by Crippen LogP contribution is 2.33. The second-order valence-electron chi connectivity index (χ2n) is 8.51. The summed E-state index contributed by atoms with van der Waals surface area (Å²) in [7, 11) is -3.14. The predicted molar refractivity (Wildman–Crippen MR) is 115 cm³/mol. The molecule has 36 heavy (non-hydrogen) atoms. The Kier molecular flexibility index (Phi) is 6.53. The summed E-state index contributed by atoms with van der Waals surface area (Å²) in [4.78, 5) is 20.3. The molecule has 1 aliphatic heterocycles. The Bertz CT molecular complexity index is 1410. The number of alkyl halides is 3. The van der Waals surface area contributed by atoms with Gasteiger partial charge in [0.2, 0.25) is 0 Å². The van der Waals surface area contributed by atoms with Crippen molar-refractivity contribution < 1.29 is 44.6 Å². The molecule has 0 unspecified atom stereocenters. The summed E-state index contributed by atoms with van der Waals surface area (Å²) < 4.78 is 100.0. The van der Waals surface area contributed by atoms with Gasteiger partial charge in [-0.1, -0.05) is 0 Å². The summed E-state index contributed by atoms with van der Waals surface area (Å²) in [6.07, 6.45) is -1.27. The first-order valence-electron chi connectivity index (χ1n) is 10.5. The van der Waals surface area contributed by atoms with E-state index in [0.29, 0.717) is 12.3 Å². The van der Waals surface area contributed by atoms with Gasteiger partial charge in [-0.25, -0.2) is 27.2 Å². The Labute approximate surface area is 201 Å². The van der Waals surface area contributed by atoms with Gasteiger partial charge in [-0.15, -0.1) is 0 Å². The number of carbonyl (C=O) groups is 1. The smallest absolute Gasteiger partial charge is 0.422 e.